The number of amides is 1. The van der Waals surface area contributed by atoms with Gasteiger partial charge in [-0.2, -0.15) is 18.4 Å². The SMILES string of the molecule is N#Cc1ccc(CN(CC(F)(F)F)C(=O)c2ccc(F)cc2I)cc1. The summed E-state index contributed by atoms with van der Waals surface area (Å²) in [7, 11) is 0. The van der Waals surface area contributed by atoms with E-state index >= 15 is 0 Å². The van der Waals surface area contributed by atoms with Crippen LogP contribution in [0.3, 0.4) is 0 Å². The third kappa shape index (κ3) is 5.42. The second-order valence-corrected chi connectivity index (χ2v) is 6.37. The van der Waals surface area contributed by atoms with Crippen molar-refractivity contribution in [2.75, 3.05) is 6.54 Å². The topological polar surface area (TPSA) is 44.1 Å². The van der Waals surface area contributed by atoms with Gasteiger partial charge in [-0.25, -0.2) is 4.39 Å². The highest BCUT2D eigenvalue weighted by atomic mass is 127. The Balaban J connectivity index is 2.31. The Morgan fingerprint density at radius 3 is 2.32 bits per heavy atom. The molecule has 0 heterocycles. The standard InChI is InChI=1S/C17H11F4IN2O/c18-13-5-6-14(15(22)7-13)16(25)24(10-17(19,20)21)9-12-3-1-11(8-23)2-4-12/h1-7H,9-10H2. The number of carbonyl (C=O) groups excluding carboxylic acids is 1. The molecule has 130 valence electrons. The van der Waals surface area contributed by atoms with E-state index in [0.29, 0.717) is 16.0 Å². The molecular formula is C17H11F4IN2O. The molecule has 1 amide bonds. The van der Waals surface area contributed by atoms with E-state index in [2.05, 4.69) is 0 Å². The van der Waals surface area contributed by atoms with Crippen LogP contribution in [0.1, 0.15) is 21.5 Å². The van der Waals surface area contributed by atoms with Crippen LogP contribution in [0.2, 0.25) is 0 Å². The monoisotopic (exact) mass is 462 g/mol. The molecule has 0 aliphatic rings. The molecule has 8 heteroatoms. The van der Waals surface area contributed by atoms with Gasteiger partial charge in [0.1, 0.15) is 12.4 Å². The molecule has 2 aromatic rings. The smallest absolute Gasteiger partial charge is 0.325 e. The van der Waals surface area contributed by atoms with Crippen LogP contribution in [0.25, 0.3) is 0 Å². The average molecular weight is 462 g/mol. The summed E-state index contributed by atoms with van der Waals surface area (Å²) in [6.45, 7) is -1.71. The van der Waals surface area contributed by atoms with Crippen LogP contribution in [0.5, 0.6) is 0 Å². The predicted octanol–water partition coefficient (Wildman–Crippen LogP) is 4.51. The number of hydrogen-bond acceptors (Lipinski definition) is 2. The van der Waals surface area contributed by atoms with Crippen LogP contribution in [-0.2, 0) is 6.54 Å². The molecule has 25 heavy (non-hydrogen) atoms. The second-order valence-electron chi connectivity index (χ2n) is 5.21. The van der Waals surface area contributed by atoms with Gasteiger partial charge >= 0.3 is 6.18 Å². The van der Waals surface area contributed by atoms with Crippen molar-refractivity contribution in [3.63, 3.8) is 0 Å². The minimum atomic E-state index is -4.58. The molecule has 2 rings (SSSR count). The van der Waals surface area contributed by atoms with Gasteiger partial charge < -0.3 is 4.90 Å². The number of rotatable bonds is 4. The fourth-order valence-corrected chi connectivity index (χ4v) is 2.86. The highest BCUT2D eigenvalue weighted by Crippen LogP contribution is 2.22. The molecule has 0 radical (unpaired) electrons. The van der Waals surface area contributed by atoms with E-state index < -0.39 is 24.4 Å². The summed E-state index contributed by atoms with van der Waals surface area (Å²) >= 11 is 1.71. The van der Waals surface area contributed by atoms with Gasteiger partial charge in [0.25, 0.3) is 5.91 Å². The van der Waals surface area contributed by atoms with Crippen molar-refractivity contribution >= 4 is 28.5 Å². The average Bonchev–Trinajstić information content (AvgIpc) is 2.53. The maximum absolute atomic E-state index is 13.2. The van der Waals surface area contributed by atoms with Crippen molar-refractivity contribution in [3.05, 3.63) is 68.5 Å². The molecule has 0 N–H and O–H groups in total. The van der Waals surface area contributed by atoms with Crippen LogP contribution >= 0.6 is 22.6 Å². The lowest BCUT2D eigenvalue weighted by atomic mass is 10.1. The Labute approximate surface area is 155 Å². The first-order valence-corrected chi connectivity index (χ1v) is 8.07. The summed E-state index contributed by atoms with van der Waals surface area (Å²) in [6.07, 6.45) is -4.58. The quantitative estimate of drug-likeness (QED) is 0.496. The largest absolute Gasteiger partial charge is 0.406 e. The number of carbonyl (C=O) groups is 1. The van der Waals surface area contributed by atoms with Gasteiger partial charge in [0.2, 0.25) is 0 Å². The lowest BCUT2D eigenvalue weighted by Crippen LogP contribution is -2.38. The fourth-order valence-electron chi connectivity index (χ4n) is 2.15. The van der Waals surface area contributed by atoms with E-state index in [9.17, 15) is 22.4 Å². The Morgan fingerprint density at radius 1 is 1.16 bits per heavy atom. The van der Waals surface area contributed by atoms with Crippen molar-refractivity contribution in [3.8, 4) is 6.07 Å². The minimum absolute atomic E-state index is 0.0000972. The molecule has 0 unspecified atom stereocenters. The molecular weight excluding hydrogens is 451 g/mol. The van der Waals surface area contributed by atoms with E-state index in [4.69, 9.17) is 5.26 Å². The zero-order valence-corrected chi connectivity index (χ0v) is 14.8. The van der Waals surface area contributed by atoms with Crippen molar-refractivity contribution in [1.82, 2.24) is 4.90 Å². The van der Waals surface area contributed by atoms with Crippen LogP contribution in [-0.4, -0.2) is 23.5 Å². The summed E-state index contributed by atoms with van der Waals surface area (Å²) in [6, 6.07) is 11.1. The first-order chi connectivity index (χ1) is 11.7. The molecule has 0 aliphatic heterocycles. The van der Waals surface area contributed by atoms with Gasteiger partial charge in [0.05, 0.1) is 17.2 Å². The molecule has 3 nitrogen and oxygen atoms in total. The molecule has 2 aromatic carbocycles. The number of benzene rings is 2. The molecule has 0 saturated heterocycles. The molecule has 0 atom stereocenters. The summed E-state index contributed by atoms with van der Waals surface area (Å²) in [5.74, 6) is -1.42. The van der Waals surface area contributed by atoms with Gasteiger partial charge in [-0.1, -0.05) is 12.1 Å². The van der Waals surface area contributed by atoms with Crippen molar-refractivity contribution in [2.24, 2.45) is 0 Å². The van der Waals surface area contributed by atoms with Gasteiger partial charge in [0.15, 0.2) is 0 Å². The first kappa shape index (κ1) is 19.2. The van der Waals surface area contributed by atoms with Crippen molar-refractivity contribution in [1.29, 1.82) is 5.26 Å². The van der Waals surface area contributed by atoms with Crippen molar-refractivity contribution < 1.29 is 22.4 Å². The molecule has 0 spiro atoms. The molecule has 0 aromatic heterocycles. The number of halogens is 5. The Hall–Kier alpha value is -2.15. The highest BCUT2D eigenvalue weighted by Gasteiger charge is 2.34. The Morgan fingerprint density at radius 2 is 1.80 bits per heavy atom. The van der Waals surface area contributed by atoms with Gasteiger partial charge in [-0.15, -0.1) is 0 Å². The van der Waals surface area contributed by atoms with Crippen molar-refractivity contribution in [2.45, 2.75) is 12.7 Å². The third-order valence-electron chi connectivity index (χ3n) is 3.28. The fraction of sp³-hybridized carbons (Fsp3) is 0.176. The maximum atomic E-state index is 13.2. The summed E-state index contributed by atoms with van der Waals surface area (Å²) in [5.41, 5.74) is 0.819. The summed E-state index contributed by atoms with van der Waals surface area (Å²) < 4.78 is 52.0. The lowest BCUT2D eigenvalue weighted by molar-refractivity contribution is -0.141. The number of nitriles is 1. The summed E-state index contributed by atoms with van der Waals surface area (Å²) in [4.78, 5) is 13.2. The summed E-state index contributed by atoms with van der Waals surface area (Å²) in [5, 5.41) is 8.76. The van der Waals surface area contributed by atoms with Crippen LogP contribution in [0.4, 0.5) is 17.6 Å². The highest BCUT2D eigenvalue weighted by molar-refractivity contribution is 14.1. The minimum Gasteiger partial charge on any atom is -0.325 e. The van der Waals surface area contributed by atoms with E-state index in [1.165, 1.54) is 30.3 Å². The second kappa shape index (κ2) is 7.82. The molecule has 0 bridgehead atoms. The van der Waals surface area contributed by atoms with Crippen LogP contribution in [0, 0.1) is 20.7 Å². The number of hydrogen-bond donors (Lipinski definition) is 0. The van der Waals surface area contributed by atoms with E-state index in [0.717, 1.165) is 12.1 Å². The third-order valence-corrected chi connectivity index (χ3v) is 4.17. The molecule has 0 aliphatic carbocycles. The van der Waals surface area contributed by atoms with E-state index in [1.54, 1.807) is 22.6 Å². The Kier molecular flexibility index (Phi) is 6.00. The van der Waals surface area contributed by atoms with Crippen LogP contribution in [0.15, 0.2) is 42.5 Å². The Bertz CT molecular complexity index is 813. The molecule has 0 saturated carbocycles. The first-order valence-electron chi connectivity index (χ1n) is 7.00. The van der Waals surface area contributed by atoms with Crippen LogP contribution < -0.4 is 0 Å². The van der Waals surface area contributed by atoms with Gasteiger partial charge in [-0.05, 0) is 58.5 Å². The molecule has 0 fully saturated rings. The number of nitrogens with zero attached hydrogens (tertiary/aromatic N) is 2. The predicted molar refractivity (Wildman–Crippen MR) is 91.1 cm³/mol. The van der Waals surface area contributed by atoms with Gasteiger partial charge in [0, 0.05) is 10.1 Å². The van der Waals surface area contributed by atoms with E-state index in [1.807, 2.05) is 6.07 Å². The zero-order chi connectivity index (χ0) is 18.6. The lowest BCUT2D eigenvalue weighted by Gasteiger charge is -2.24. The van der Waals surface area contributed by atoms with E-state index in [-0.39, 0.29) is 15.7 Å². The maximum Gasteiger partial charge on any atom is 0.406 e. The zero-order valence-electron chi connectivity index (χ0n) is 12.6. The number of alkyl halides is 3. The normalized spacial score (nSPS) is 11.0. The van der Waals surface area contributed by atoms with Gasteiger partial charge in [-0.3, -0.25) is 4.79 Å².